The monoisotopic (exact) mass is 479 g/mol. The van der Waals surface area contributed by atoms with Gasteiger partial charge in [0.25, 0.3) is 5.91 Å². The van der Waals surface area contributed by atoms with Crippen LogP contribution in [0.15, 0.2) is 83.2 Å². The molecule has 0 N–H and O–H groups in total. The van der Waals surface area contributed by atoms with Crippen LogP contribution in [-0.4, -0.2) is 36.3 Å². The van der Waals surface area contributed by atoms with Crippen molar-refractivity contribution in [3.8, 4) is 0 Å². The Morgan fingerprint density at radius 3 is 2.42 bits per heavy atom. The predicted molar refractivity (Wildman–Crippen MR) is 134 cm³/mol. The molecule has 0 saturated heterocycles. The van der Waals surface area contributed by atoms with E-state index < -0.39 is 15.9 Å². The van der Waals surface area contributed by atoms with Gasteiger partial charge in [0.05, 0.1) is 15.1 Å². The van der Waals surface area contributed by atoms with Crippen molar-refractivity contribution >= 4 is 48.3 Å². The van der Waals surface area contributed by atoms with Crippen molar-refractivity contribution in [2.75, 3.05) is 13.1 Å². The first kappa shape index (κ1) is 23.1. The van der Waals surface area contributed by atoms with Gasteiger partial charge in [0.1, 0.15) is 0 Å². The van der Waals surface area contributed by atoms with Crippen molar-refractivity contribution in [1.29, 1.82) is 0 Å². The molecule has 4 rings (SSSR count). The number of fused-ring (bicyclic) bond motifs is 3. The highest BCUT2D eigenvalue weighted by molar-refractivity contribution is 7.89. The maximum Gasteiger partial charge on any atom is 0.279 e. The summed E-state index contributed by atoms with van der Waals surface area (Å²) >= 11 is 1.46. The van der Waals surface area contributed by atoms with Crippen LogP contribution < -0.4 is 4.80 Å². The fourth-order valence-electron chi connectivity index (χ4n) is 3.82. The van der Waals surface area contributed by atoms with Crippen molar-refractivity contribution in [2.24, 2.45) is 4.99 Å². The van der Waals surface area contributed by atoms with Gasteiger partial charge < -0.3 is 4.57 Å². The van der Waals surface area contributed by atoms with Crippen LogP contribution in [0.3, 0.4) is 0 Å². The molecule has 4 aromatic rings. The van der Waals surface area contributed by atoms with Crippen LogP contribution in [0.4, 0.5) is 0 Å². The Balaban J connectivity index is 1.77. The number of allylic oxidation sites excluding steroid dienone is 1. The summed E-state index contributed by atoms with van der Waals surface area (Å²) in [6.07, 6.45) is 1.78. The molecule has 0 aliphatic carbocycles. The number of hydrogen-bond acceptors (Lipinski definition) is 4. The highest BCUT2D eigenvalue weighted by atomic mass is 32.2. The van der Waals surface area contributed by atoms with Crippen LogP contribution in [0.25, 0.3) is 21.0 Å². The van der Waals surface area contributed by atoms with Gasteiger partial charge >= 0.3 is 0 Å². The second-order valence-electron chi connectivity index (χ2n) is 7.45. The van der Waals surface area contributed by atoms with Crippen molar-refractivity contribution in [3.63, 3.8) is 0 Å². The second kappa shape index (κ2) is 9.43. The molecule has 0 bridgehead atoms. The molecule has 0 atom stereocenters. The molecule has 0 aliphatic heterocycles. The number of carbonyl (C=O) groups excluding carboxylic acids is 1. The lowest BCUT2D eigenvalue weighted by Crippen LogP contribution is -2.30. The van der Waals surface area contributed by atoms with E-state index in [2.05, 4.69) is 29.8 Å². The minimum atomic E-state index is -3.58. The summed E-state index contributed by atoms with van der Waals surface area (Å²) in [7, 11) is -3.58. The molecule has 8 heteroatoms. The van der Waals surface area contributed by atoms with E-state index in [1.54, 1.807) is 19.9 Å². The highest BCUT2D eigenvalue weighted by Gasteiger charge is 2.21. The van der Waals surface area contributed by atoms with Gasteiger partial charge in [-0.3, -0.25) is 4.79 Å². The fraction of sp³-hybridized carbons (Fsp3) is 0.200. The molecule has 0 aliphatic rings. The molecular weight excluding hydrogens is 454 g/mol. The fourth-order valence-corrected chi connectivity index (χ4v) is 6.45. The minimum absolute atomic E-state index is 0.165. The number of carbonyl (C=O) groups is 1. The van der Waals surface area contributed by atoms with E-state index in [0.29, 0.717) is 30.0 Å². The molecule has 0 unspecified atom stereocenters. The van der Waals surface area contributed by atoms with Crippen molar-refractivity contribution < 1.29 is 13.2 Å². The Morgan fingerprint density at radius 1 is 1.06 bits per heavy atom. The zero-order valence-electron chi connectivity index (χ0n) is 18.6. The van der Waals surface area contributed by atoms with E-state index >= 15 is 0 Å². The number of thiazole rings is 1. The van der Waals surface area contributed by atoms with Crippen molar-refractivity contribution in [2.45, 2.75) is 25.3 Å². The third-order valence-corrected chi connectivity index (χ3v) is 8.72. The summed E-state index contributed by atoms with van der Waals surface area (Å²) in [5.41, 5.74) is 1.33. The quantitative estimate of drug-likeness (QED) is 0.357. The number of aromatic nitrogens is 1. The van der Waals surface area contributed by atoms with Gasteiger partial charge in [-0.15, -0.1) is 6.58 Å². The molecule has 0 radical (unpaired) electrons. The third-order valence-electron chi connectivity index (χ3n) is 5.53. The summed E-state index contributed by atoms with van der Waals surface area (Å²) in [5.74, 6) is -0.421. The zero-order valence-corrected chi connectivity index (χ0v) is 20.2. The van der Waals surface area contributed by atoms with Gasteiger partial charge in [-0.1, -0.05) is 61.6 Å². The molecule has 6 nitrogen and oxygen atoms in total. The van der Waals surface area contributed by atoms with Crippen LogP contribution >= 0.6 is 11.3 Å². The number of rotatable bonds is 7. The zero-order chi connectivity index (χ0) is 23.6. The summed E-state index contributed by atoms with van der Waals surface area (Å²) in [6, 6.07) is 18.2. The summed E-state index contributed by atoms with van der Waals surface area (Å²) in [4.78, 5) is 18.1. The first-order valence-corrected chi connectivity index (χ1v) is 13.0. The van der Waals surface area contributed by atoms with Gasteiger partial charge in [-0.05, 0) is 35.7 Å². The van der Waals surface area contributed by atoms with Gasteiger partial charge in [-0.2, -0.15) is 9.30 Å². The second-order valence-corrected chi connectivity index (χ2v) is 10.4. The SMILES string of the molecule is C=CCn1c(=NC(=O)c2ccc(S(=O)(=O)N(CC)CC)cc2)sc2c3ccccc3ccc21. The number of hydrogen-bond donors (Lipinski definition) is 0. The Bertz CT molecular complexity index is 1510. The van der Waals surface area contributed by atoms with Gasteiger partial charge in [0.15, 0.2) is 4.80 Å². The highest BCUT2D eigenvalue weighted by Crippen LogP contribution is 2.27. The Hall–Kier alpha value is -3.07. The smallest absolute Gasteiger partial charge is 0.279 e. The van der Waals surface area contributed by atoms with E-state index in [1.807, 2.05) is 22.8 Å². The number of benzene rings is 3. The van der Waals surface area contributed by atoms with E-state index in [4.69, 9.17) is 0 Å². The average Bonchev–Trinajstić information content (AvgIpc) is 3.17. The largest absolute Gasteiger partial charge is 0.312 e. The predicted octanol–water partition coefficient (Wildman–Crippen LogP) is 4.81. The average molecular weight is 480 g/mol. The molecule has 1 heterocycles. The maximum absolute atomic E-state index is 13.0. The Morgan fingerprint density at radius 2 is 1.76 bits per heavy atom. The molecular formula is C25H25N3O3S2. The van der Waals surface area contributed by atoms with Gasteiger partial charge in [-0.25, -0.2) is 8.42 Å². The van der Waals surface area contributed by atoms with Gasteiger partial charge in [0, 0.05) is 30.6 Å². The lowest BCUT2D eigenvalue weighted by atomic mass is 10.1. The van der Waals surface area contributed by atoms with E-state index in [-0.39, 0.29) is 4.90 Å². The molecule has 170 valence electrons. The van der Waals surface area contributed by atoms with Crippen molar-refractivity contribution in [3.05, 3.63) is 83.7 Å². The van der Waals surface area contributed by atoms with Gasteiger partial charge in [0.2, 0.25) is 10.0 Å². The Kier molecular flexibility index (Phi) is 6.60. The number of amides is 1. The van der Waals surface area contributed by atoms with Crippen LogP contribution in [0.2, 0.25) is 0 Å². The molecule has 0 fully saturated rings. The number of nitrogens with zero attached hydrogens (tertiary/aromatic N) is 3. The summed E-state index contributed by atoms with van der Waals surface area (Å²) < 4.78 is 29.8. The molecule has 3 aromatic carbocycles. The Labute approximate surface area is 197 Å². The molecule has 0 spiro atoms. The molecule has 0 saturated carbocycles. The lowest BCUT2D eigenvalue weighted by Gasteiger charge is -2.18. The first-order chi connectivity index (χ1) is 15.9. The molecule has 1 aromatic heterocycles. The molecule has 1 amide bonds. The van der Waals surface area contributed by atoms with Crippen LogP contribution in [0, 0.1) is 0 Å². The first-order valence-electron chi connectivity index (χ1n) is 10.7. The van der Waals surface area contributed by atoms with E-state index in [9.17, 15) is 13.2 Å². The topological polar surface area (TPSA) is 71.7 Å². The minimum Gasteiger partial charge on any atom is -0.312 e. The lowest BCUT2D eigenvalue weighted by molar-refractivity contribution is 0.0997. The maximum atomic E-state index is 13.0. The van der Waals surface area contributed by atoms with E-state index in [0.717, 1.165) is 21.0 Å². The third kappa shape index (κ3) is 4.29. The van der Waals surface area contributed by atoms with Crippen LogP contribution in [0.5, 0.6) is 0 Å². The normalized spacial score (nSPS) is 12.6. The number of sulfonamides is 1. The standard InChI is InChI=1S/C25H25N3O3S2/c1-4-17-28-22-16-13-18-9-7-8-10-21(18)23(22)32-25(28)26-24(29)19-11-14-20(15-12-19)33(30,31)27(5-2)6-3/h4,7-16H,1,5-6,17H2,2-3H3. The van der Waals surface area contributed by atoms with Crippen LogP contribution in [-0.2, 0) is 16.6 Å². The van der Waals surface area contributed by atoms with Crippen LogP contribution in [0.1, 0.15) is 24.2 Å². The van der Waals surface area contributed by atoms with Crippen molar-refractivity contribution in [1.82, 2.24) is 8.87 Å². The summed E-state index contributed by atoms with van der Waals surface area (Å²) in [6.45, 7) is 8.73. The van der Waals surface area contributed by atoms with E-state index in [1.165, 1.54) is 39.9 Å². The summed E-state index contributed by atoms with van der Waals surface area (Å²) in [5, 5.41) is 2.23. The molecule has 33 heavy (non-hydrogen) atoms.